The molecule has 0 fully saturated rings. The summed E-state index contributed by atoms with van der Waals surface area (Å²) in [5.74, 6) is 0.104. The highest BCUT2D eigenvalue weighted by atomic mass is 16.5. The van der Waals surface area contributed by atoms with Gasteiger partial charge < -0.3 is 9.47 Å². The second-order valence-corrected chi connectivity index (χ2v) is 3.71. The number of hydrogen-bond donors (Lipinski definition) is 0. The number of methoxy groups -OCH3 is 1. The summed E-state index contributed by atoms with van der Waals surface area (Å²) in [6, 6.07) is 9.32. The quantitative estimate of drug-likeness (QED) is 0.729. The molecule has 0 heterocycles. The Bertz CT molecular complexity index is 406. The maximum atomic E-state index is 11.1. The van der Waals surface area contributed by atoms with Gasteiger partial charge in [-0.1, -0.05) is 12.1 Å². The van der Waals surface area contributed by atoms with Crippen molar-refractivity contribution < 1.29 is 14.3 Å². The van der Waals surface area contributed by atoms with Gasteiger partial charge in [0.1, 0.15) is 12.4 Å². The summed E-state index contributed by atoms with van der Waals surface area (Å²) >= 11 is 0. The van der Waals surface area contributed by atoms with E-state index in [1.807, 2.05) is 12.1 Å². The van der Waals surface area contributed by atoms with Crippen LogP contribution in [-0.2, 0) is 16.0 Å². The average Bonchev–Trinajstić information content (AvgIpc) is 2.37. The SMILES string of the molecule is COC(=O)C(C)COc1ccc(CC#N)cc1. The highest BCUT2D eigenvalue weighted by molar-refractivity contribution is 5.71. The molecule has 90 valence electrons. The van der Waals surface area contributed by atoms with Crippen LogP contribution in [0.1, 0.15) is 12.5 Å². The molecule has 1 aromatic rings. The molecule has 17 heavy (non-hydrogen) atoms. The zero-order valence-electron chi connectivity index (χ0n) is 9.97. The first-order valence-electron chi connectivity index (χ1n) is 5.34. The maximum absolute atomic E-state index is 11.1. The first-order valence-corrected chi connectivity index (χ1v) is 5.34. The molecule has 0 saturated carbocycles. The summed E-state index contributed by atoms with van der Waals surface area (Å²) < 4.78 is 10.0. The number of esters is 1. The predicted molar refractivity (Wildman–Crippen MR) is 62.4 cm³/mol. The topological polar surface area (TPSA) is 59.3 Å². The van der Waals surface area contributed by atoms with E-state index in [1.54, 1.807) is 19.1 Å². The molecule has 0 spiro atoms. The van der Waals surface area contributed by atoms with Crippen LogP contribution < -0.4 is 4.74 Å². The van der Waals surface area contributed by atoms with Gasteiger partial charge in [-0.05, 0) is 24.6 Å². The Kier molecular flexibility index (Phi) is 5.02. The van der Waals surface area contributed by atoms with Crippen molar-refractivity contribution >= 4 is 5.97 Å². The number of carbonyl (C=O) groups excluding carboxylic acids is 1. The van der Waals surface area contributed by atoms with Crippen LogP contribution in [0.15, 0.2) is 24.3 Å². The fourth-order valence-corrected chi connectivity index (χ4v) is 1.29. The Morgan fingerprint density at radius 2 is 2.06 bits per heavy atom. The number of benzene rings is 1. The molecule has 4 nitrogen and oxygen atoms in total. The van der Waals surface area contributed by atoms with Crippen LogP contribution in [0.5, 0.6) is 5.75 Å². The van der Waals surface area contributed by atoms with E-state index in [0.717, 1.165) is 5.56 Å². The predicted octanol–water partition coefficient (Wildman–Crippen LogP) is 1.94. The molecule has 1 atom stereocenters. The van der Waals surface area contributed by atoms with E-state index in [0.29, 0.717) is 12.2 Å². The summed E-state index contributed by atoms with van der Waals surface area (Å²) in [6.07, 6.45) is 0.388. The van der Waals surface area contributed by atoms with E-state index in [4.69, 9.17) is 10.00 Å². The first-order chi connectivity index (χ1) is 8.17. The van der Waals surface area contributed by atoms with Crippen LogP contribution in [0.25, 0.3) is 0 Å². The monoisotopic (exact) mass is 233 g/mol. The van der Waals surface area contributed by atoms with Crippen LogP contribution in [0.3, 0.4) is 0 Å². The minimum Gasteiger partial charge on any atom is -0.493 e. The second kappa shape index (κ2) is 6.54. The fourth-order valence-electron chi connectivity index (χ4n) is 1.29. The number of hydrogen-bond acceptors (Lipinski definition) is 4. The number of nitriles is 1. The molecule has 1 rings (SSSR count). The molecule has 0 amide bonds. The highest BCUT2D eigenvalue weighted by Crippen LogP contribution is 2.13. The molecule has 0 aromatic heterocycles. The molecule has 1 aromatic carbocycles. The molecule has 0 radical (unpaired) electrons. The van der Waals surface area contributed by atoms with Crippen molar-refractivity contribution in [3.05, 3.63) is 29.8 Å². The summed E-state index contributed by atoms with van der Waals surface area (Å²) in [5.41, 5.74) is 0.945. The molecule has 0 aliphatic heterocycles. The lowest BCUT2D eigenvalue weighted by atomic mass is 10.1. The van der Waals surface area contributed by atoms with Crippen LogP contribution in [0.2, 0.25) is 0 Å². The van der Waals surface area contributed by atoms with E-state index in [1.165, 1.54) is 7.11 Å². The summed E-state index contributed by atoms with van der Waals surface area (Å²) in [5, 5.41) is 8.52. The van der Waals surface area contributed by atoms with E-state index in [9.17, 15) is 4.79 Å². The molecule has 0 bridgehead atoms. The minimum absolute atomic E-state index is 0.282. The molecular weight excluding hydrogens is 218 g/mol. The minimum atomic E-state index is -0.293. The molecule has 0 saturated heterocycles. The number of carbonyl (C=O) groups is 1. The molecular formula is C13H15NO3. The maximum Gasteiger partial charge on any atom is 0.311 e. The zero-order chi connectivity index (χ0) is 12.7. The largest absolute Gasteiger partial charge is 0.493 e. The van der Waals surface area contributed by atoms with Gasteiger partial charge in [-0.2, -0.15) is 5.26 Å². The molecule has 1 unspecified atom stereocenters. The fraction of sp³-hybridized carbons (Fsp3) is 0.385. The standard InChI is InChI=1S/C13H15NO3/c1-10(13(15)16-2)9-17-12-5-3-11(4-6-12)7-8-14/h3-6,10H,7,9H2,1-2H3. The molecule has 0 aliphatic rings. The van der Waals surface area contributed by atoms with Crippen molar-refractivity contribution in [1.29, 1.82) is 5.26 Å². The Hall–Kier alpha value is -2.02. The Labute approximate surface area is 101 Å². The lowest BCUT2D eigenvalue weighted by Crippen LogP contribution is -2.19. The van der Waals surface area contributed by atoms with Crippen molar-refractivity contribution in [2.75, 3.05) is 13.7 Å². The van der Waals surface area contributed by atoms with Gasteiger partial charge in [0.2, 0.25) is 0 Å². The van der Waals surface area contributed by atoms with Gasteiger partial charge in [0, 0.05) is 0 Å². The Morgan fingerprint density at radius 1 is 1.41 bits per heavy atom. The van der Waals surface area contributed by atoms with Crippen LogP contribution in [0.4, 0.5) is 0 Å². The van der Waals surface area contributed by atoms with Crippen molar-refractivity contribution in [2.45, 2.75) is 13.3 Å². The first kappa shape index (κ1) is 13.0. The average molecular weight is 233 g/mol. The third kappa shape index (κ3) is 4.15. The van der Waals surface area contributed by atoms with Gasteiger partial charge in [0.25, 0.3) is 0 Å². The summed E-state index contributed by atoms with van der Waals surface area (Å²) in [6.45, 7) is 2.03. The van der Waals surface area contributed by atoms with E-state index >= 15 is 0 Å². The van der Waals surface area contributed by atoms with Crippen LogP contribution in [0, 0.1) is 17.2 Å². The van der Waals surface area contributed by atoms with Gasteiger partial charge in [0.15, 0.2) is 0 Å². The van der Waals surface area contributed by atoms with Crippen molar-refractivity contribution in [2.24, 2.45) is 5.92 Å². The van der Waals surface area contributed by atoms with Gasteiger partial charge in [0.05, 0.1) is 25.5 Å². The third-order valence-corrected chi connectivity index (χ3v) is 2.31. The van der Waals surface area contributed by atoms with Gasteiger partial charge in [-0.3, -0.25) is 4.79 Å². The van der Waals surface area contributed by atoms with Gasteiger partial charge in [-0.15, -0.1) is 0 Å². The normalized spacial score (nSPS) is 11.4. The van der Waals surface area contributed by atoms with Crippen molar-refractivity contribution in [3.8, 4) is 11.8 Å². The number of ether oxygens (including phenoxy) is 2. The molecule has 0 N–H and O–H groups in total. The van der Waals surface area contributed by atoms with E-state index < -0.39 is 0 Å². The van der Waals surface area contributed by atoms with Crippen molar-refractivity contribution in [3.63, 3.8) is 0 Å². The van der Waals surface area contributed by atoms with Gasteiger partial charge in [-0.25, -0.2) is 0 Å². The van der Waals surface area contributed by atoms with Crippen molar-refractivity contribution in [1.82, 2.24) is 0 Å². The third-order valence-electron chi connectivity index (χ3n) is 2.31. The molecule has 4 heteroatoms. The van der Waals surface area contributed by atoms with E-state index in [2.05, 4.69) is 10.8 Å². The highest BCUT2D eigenvalue weighted by Gasteiger charge is 2.13. The summed E-state index contributed by atoms with van der Waals surface area (Å²) in [7, 11) is 1.36. The number of rotatable bonds is 5. The van der Waals surface area contributed by atoms with E-state index in [-0.39, 0.29) is 18.5 Å². The lowest BCUT2D eigenvalue weighted by molar-refractivity contribution is -0.145. The zero-order valence-corrected chi connectivity index (χ0v) is 9.97. The number of nitrogens with zero attached hydrogens (tertiary/aromatic N) is 1. The molecule has 0 aliphatic carbocycles. The Morgan fingerprint density at radius 3 is 2.59 bits per heavy atom. The Balaban J connectivity index is 2.47. The van der Waals surface area contributed by atoms with Crippen LogP contribution in [-0.4, -0.2) is 19.7 Å². The second-order valence-electron chi connectivity index (χ2n) is 3.71. The van der Waals surface area contributed by atoms with Crippen LogP contribution >= 0.6 is 0 Å². The smallest absolute Gasteiger partial charge is 0.311 e. The van der Waals surface area contributed by atoms with Gasteiger partial charge >= 0.3 is 5.97 Å². The summed E-state index contributed by atoms with van der Waals surface area (Å²) in [4.78, 5) is 11.1. The lowest BCUT2D eigenvalue weighted by Gasteiger charge is -2.11.